The summed E-state index contributed by atoms with van der Waals surface area (Å²) in [5.41, 5.74) is -0.684. The summed E-state index contributed by atoms with van der Waals surface area (Å²) in [6, 6.07) is 9.47. The number of aromatic amines is 1. The Morgan fingerprint density at radius 2 is 1.75 bits per heavy atom. The summed E-state index contributed by atoms with van der Waals surface area (Å²) in [4.78, 5) is 36.0. The number of fused-ring (bicyclic) bond motifs is 1. The van der Waals surface area contributed by atoms with Gasteiger partial charge in [0.1, 0.15) is 12.1 Å². The number of rotatable bonds is 8. The van der Waals surface area contributed by atoms with Crippen LogP contribution in [0, 0.1) is 0 Å². The predicted octanol–water partition coefficient (Wildman–Crippen LogP) is 6.29. The van der Waals surface area contributed by atoms with Crippen LogP contribution in [0.5, 0.6) is 5.88 Å². The lowest BCUT2D eigenvalue weighted by atomic mass is 10.0. The molecule has 2 amide bonds. The van der Waals surface area contributed by atoms with E-state index < -0.39 is 42.4 Å². The molecule has 6 rings (SSSR count). The Bertz CT molecular complexity index is 1910. The molecule has 2 saturated heterocycles. The van der Waals surface area contributed by atoms with Gasteiger partial charge < -0.3 is 29.5 Å². The maximum atomic E-state index is 14.1. The molecule has 0 saturated carbocycles. The van der Waals surface area contributed by atoms with Gasteiger partial charge in [0.15, 0.2) is 5.82 Å². The van der Waals surface area contributed by atoms with Crippen molar-refractivity contribution in [3.8, 4) is 5.88 Å². The molecule has 2 aliphatic rings. The number of benzene rings is 2. The number of likely N-dealkylation sites (N-methyl/N-ethyl adjacent to an activating group) is 1. The zero-order valence-electron chi connectivity index (χ0n) is 27.1. The standard InChI is InChI=1S/C33H32ClF6N7O4/c1-45-10-12-46(13-11-45)22-3-4-23(26(17-22)47(31(49)33(38,39)40)21-8-14-50-15-9-21)30(48)42-29-28-25(43-44-29)6-7-27(41-28)51-18-19-16-20(34)2-5-24(19)32(35,36)37/h2-7,16-17,21H,8-15,18H2,1H3,(H2,42,43,44,48). The second kappa shape index (κ2) is 14.6. The van der Waals surface area contributed by atoms with Crippen LogP contribution in [0.3, 0.4) is 0 Å². The number of halogens is 7. The highest BCUT2D eigenvalue weighted by Gasteiger charge is 2.46. The Morgan fingerprint density at radius 1 is 1.02 bits per heavy atom. The molecular formula is C33H32ClF6N7O4. The molecule has 4 heterocycles. The highest BCUT2D eigenvalue weighted by atomic mass is 35.5. The van der Waals surface area contributed by atoms with Crippen molar-refractivity contribution in [2.75, 3.05) is 61.6 Å². The van der Waals surface area contributed by atoms with E-state index in [-0.39, 0.29) is 65.1 Å². The van der Waals surface area contributed by atoms with E-state index in [1.807, 2.05) is 11.9 Å². The molecule has 0 aliphatic carbocycles. The summed E-state index contributed by atoms with van der Waals surface area (Å²) in [6.07, 6.45) is -9.65. The molecule has 2 fully saturated rings. The average Bonchev–Trinajstić information content (AvgIpc) is 3.48. The van der Waals surface area contributed by atoms with Crippen molar-refractivity contribution in [1.82, 2.24) is 20.1 Å². The molecule has 2 aromatic heterocycles. The number of nitrogens with zero attached hydrogens (tertiary/aromatic N) is 5. The van der Waals surface area contributed by atoms with Crippen LogP contribution in [0.1, 0.15) is 34.3 Å². The molecule has 0 atom stereocenters. The largest absolute Gasteiger partial charge is 0.473 e. The number of anilines is 3. The number of hydrogen-bond donors (Lipinski definition) is 2. The van der Waals surface area contributed by atoms with Gasteiger partial charge >= 0.3 is 18.3 Å². The normalized spacial score (nSPS) is 16.4. The topological polar surface area (TPSA) is 116 Å². The van der Waals surface area contributed by atoms with Crippen molar-refractivity contribution < 1.29 is 45.4 Å². The van der Waals surface area contributed by atoms with E-state index in [2.05, 4.69) is 25.4 Å². The SMILES string of the molecule is CN1CCN(c2ccc(C(=O)Nc3n[nH]c4ccc(OCc5cc(Cl)ccc5C(F)(F)F)nc34)c(N(C(=O)C(F)(F)F)C3CCOCC3)c2)CC1. The zero-order chi connectivity index (χ0) is 36.5. The van der Waals surface area contributed by atoms with Crippen LogP contribution in [0.25, 0.3) is 11.0 Å². The number of ether oxygens (including phenoxy) is 2. The number of alkyl halides is 6. The zero-order valence-corrected chi connectivity index (χ0v) is 27.8. The molecule has 2 N–H and O–H groups in total. The number of carbonyl (C=O) groups is 2. The Hall–Kier alpha value is -4.61. The molecule has 18 heteroatoms. The molecule has 2 aliphatic heterocycles. The van der Waals surface area contributed by atoms with Gasteiger partial charge in [-0.1, -0.05) is 11.6 Å². The quantitative estimate of drug-likeness (QED) is 0.203. The third-order valence-electron chi connectivity index (χ3n) is 8.73. The fraction of sp³-hybridized carbons (Fsp3) is 0.394. The molecule has 0 spiro atoms. The van der Waals surface area contributed by atoms with Crippen molar-refractivity contribution in [3.63, 3.8) is 0 Å². The minimum absolute atomic E-state index is 0.0613. The Kier molecular flexibility index (Phi) is 10.3. The first kappa shape index (κ1) is 36.2. The van der Waals surface area contributed by atoms with Gasteiger partial charge in [-0.05, 0) is 62.4 Å². The predicted molar refractivity (Wildman–Crippen MR) is 176 cm³/mol. The average molecular weight is 740 g/mol. The smallest absolute Gasteiger partial charge is 0.471 e. The van der Waals surface area contributed by atoms with Crippen molar-refractivity contribution in [2.24, 2.45) is 0 Å². The highest BCUT2D eigenvalue weighted by Crippen LogP contribution is 2.36. The number of nitrogens with one attached hydrogen (secondary N) is 2. The van der Waals surface area contributed by atoms with E-state index in [4.69, 9.17) is 21.1 Å². The van der Waals surface area contributed by atoms with Gasteiger partial charge in [0.2, 0.25) is 5.88 Å². The minimum atomic E-state index is -5.24. The molecule has 0 radical (unpaired) electrons. The first-order valence-electron chi connectivity index (χ1n) is 15.9. The summed E-state index contributed by atoms with van der Waals surface area (Å²) in [6.45, 7) is 2.30. The lowest BCUT2D eigenvalue weighted by Crippen LogP contribution is -2.50. The molecule has 2 aromatic carbocycles. The van der Waals surface area contributed by atoms with E-state index in [1.54, 1.807) is 6.07 Å². The fourth-order valence-electron chi connectivity index (χ4n) is 6.06. The van der Waals surface area contributed by atoms with Crippen LogP contribution in [0.15, 0.2) is 48.5 Å². The second-order valence-electron chi connectivity index (χ2n) is 12.2. The molecule has 51 heavy (non-hydrogen) atoms. The van der Waals surface area contributed by atoms with Crippen molar-refractivity contribution in [1.29, 1.82) is 0 Å². The van der Waals surface area contributed by atoms with E-state index in [0.29, 0.717) is 42.3 Å². The van der Waals surface area contributed by atoms with Gasteiger partial charge in [0, 0.05) is 67.8 Å². The van der Waals surface area contributed by atoms with Crippen molar-refractivity contribution in [3.05, 3.63) is 70.2 Å². The number of pyridine rings is 1. The van der Waals surface area contributed by atoms with Crippen LogP contribution in [-0.2, 0) is 22.3 Å². The number of carbonyl (C=O) groups excluding carboxylic acids is 2. The van der Waals surface area contributed by atoms with E-state index in [9.17, 15) is 35.9 Å². The third kappa shape index (κ3) is 8.15. The summed E-state index contributed by atoms with van der Waals surface area (Å²) in [5.74, 6) is -3.22. The van der Waals surface area contributed by atoms with Gasteiger partial charge in [-0.2, -0.15) is 31.4 Å². The summed E-state index contributed by atoms with van der Waals surface area (Å²) >= 11 is 5.92. The summed E-state index contributed by atoms with van der Waals surface area (Å²) < 4.78 is 93.9. The van der Waals surface area contributed by atoms with Gasteiger partial charge in [-0.3, -0.25) is 14.7 Å². The Labute approximate surface area is 292 Å². The lowest BCUT2D eigenvalue weighted by Gasteiger charge is -2.37. The fourth-order valence-corrected chi connectivity index (χ4v) is 6.25. The number of amides is 2. The molecular weight excluding hydrogens is 708 g/mol. The Balaban J connectivity index is 1.32. The molecule has 272 valence electrons. The lowest BCUT2D eigenvalue weighted by molar-refractivity contribution is -0.171. The molecule has 11 nitrogen and oxygen atoms in total. The summed E-state index contributed by atoms with van der Waals surface area (Å²) in [5, 5.41) is 9.41. The number of hydrogen-bond acceptors (Lipinski definition) is 8. The van der Waals surface area contributed by atoms with E-state index >= 15 is 0 Å². The summed E-state index contributed by atoms with van der Waals surface area (Å²) in [7, 11) is 1.96. The third-order valence-corrected chi connectivity index (χ3v) is 8.97. The monoisotopic (exact) mass is 739 g/mol. The molecule has 0 unspecified atom stereocenters. The van der Waals surface area contributed by atoms with E-state index in [0.717, 1.165) is 18.2 Å². The van der Waals surface area contributed by atoms with Crippen LogP contribution < -0.4 is 19.9 Å². The molecule has 4 aromatic rings. The number of piperazine rings is 1. The maximum Gasteiger partial charge on any atom is 0.471 e. The molecule has 0 bridgehead atoms. The van der Waals surface area contributed by atoms with Gasteiger partial charge in [0.25, 0.3) is 5.91 Å². The van der Waals surface area contributed by atoms with Crippen LogP contribution in [-0.4, -0.2) is 90.6 Å². The van der Waals surface area contributed by atoms with Crippen molar-refractivity contribution in [2.45, 2.75) is 37.8 Å². The number of aromatic nitrogens is 3. The minimum Gasteiger partial charge on any atom is -0.473 e. The van der Waals surface area contributed by atoms with Crippen LogP contribution >= 0.6 is 11.6 Å². The van der Waals surface area contributed by atoms with Gasteiger partial charge in [-0.25, -0.2) is 4.98 Å². The highest BCUT2D eigenvalue weighted by molar-refractivity contribution is 6.30. The first-order valence-corrected chi connectivity index (χ1v) is 16.3. The first-order chi connectivity index (χ1) is 24.2. The van der Waals surface area contributed by atoms with Gasteiger partial charge in [0.05, 0.1) is 22.3 Å². The maximum absolute atomic E-state index is 14.1. The second-order valence-corrected chi connectivity index (χ2v) is 12.6. The number of H-pyrrole nitrogens is 1. The van der Waals surface area contributed by atoms with E-state index in [1.165, 1.54) is 24.3 Å². The van der Waals surface area contributed by atoms with Crippen LogP contribution in [0.4, 0.5) is 43.5 Å². The van der Waals surface area contributed by atoms with Crippen molar-refractivity contribution >= 4 is 51.6 Å². The van der Waals surface area contributed by atoms with Gasteiger partial charge in [-0.15, -0.1) is 0 Å². The Morgan fingerprint density at radius 3 is 2.43 bits per heavy atom. The van der Waals surface area contributed by atoms with Crippen LogP contribution in [0.2, 0.25) is 5.02 Å².